The number of hydrogen-bond acceptors (Lipinski definition) is 3. The van der Waals surface area contributed by atoms with Crippen LogP contribution in [0.25, 0.3) is 0 Å². The maximum absolute atomic E-state index is 11.8. The van der Waals surface area contributed by atoms with Crippen LogP contribution in [0.5, 0.6) is 0 Å². The maximum atomic E-state index is 11.8. The first kappa shape index (κ1) is 16.9. The Morgan fingerprint density at radius 1 is 1.11 bits per heavy atom. The molecule has 0 amide bonds. The van der Waals surface area contributed by atoms with Crippen LogP contribution in [0.1, 0.15) is 65.2 Å². The van der Waals surface area contributed by atoms with Gasteiger partial charge in [0.05, 0.1) is 18.9 Å². The number of carbonyl (C=O) groups is 2. The number of methoxy groups -OCH3 is 1. The van der Waals surface area contributed by atoms with Crippen LogP contribution in [0, 0.1) is 5.41 Å². The normalized spacial score (nSPS) is 13.9. The first-order chi connectivity index (χ1) is 8.52. The van der Waals surface area contributed by atoms with Crippen molar-refractivity contribution in [1.82, 2.24) is 0 Å². The molecule has 0 bridgehead atoms. The summed E-state index contributed by atoms with van der Waals surface area (Å²) in [7, 11) is 1.33. The maximum Gasteiger partial charge on any atom is 0.312 e. The van der Waals surface area contributed by atoms with Crippen LogP contribution >= 0.6 is 0 Å². The van der Waals surface area contributed by atoms with Gasteiger partial charge in [-0.2, -0.15) is 0 Å². The summed E-state index contributed by atoms with van der Waals surface area (Å²) in [5.74, 6) is -1.32. The van der Waals surface area contributed by atoms with Gasteiger partial charge in [0.15, 0.2) is 0 Å². The van der Waals surface area contributed by atoms with Gasteiger partial charge in [-0.05, 0) is 12.8 Å². The van der Waals surface area contributed by atoms with Crippen molar-refractivity contribution in [1.29, 1.82) is 0 Å². The lowest BCUT2D eigenvalue weighted by molar-refractivity contribution is -0.159. The van der Waals surface area contributed by atoms with E-state index in [1.54, 1.807) is 0 Å². The van der Waals surface area contributed by atoms with Crippen LogP contribution < -0.4 is 0 Å². The number of esters is 1. The molecule has 0 aromatic heterocycles. The summed E-state index contributed by atoms with van der Waals surface area (Å²) in [4.78, 5) is 22.8. The third-order valence-electron chi connectivity index (χ3n) is 3.54. The molecule has 4 nitrogen and oxygen atoms in total. The number of hydrogen-bond donors (Lipinski definition) is 1. The monoisotopic (exact) mass is 258 g/mol. The molecule has 0 fully saturated rings. The van der Waals surface area contributed by atoms with Gasteiger partial charge in [-0.1, -0.05) is 46.0 Å². The van der Waals surface area contributed by atoms with Gasteiger partial charge in [-0.25, -0.2) is 0 Å². The molecule has 0 saturated carbocycles. The number of unbranched alkanes of at least 4 members (excludes halogenated alkanes) is 4. The molecule has 106 valence electrons. The third-order valence-corrected chi connectivity index (χ3v) is 3.54. The summed E-state index contributed by atoms with van der Waals surface area (Å²) >= 11 is 0. The van der Waals surface area contributed by atoms with Crippen LogP contribution in [0.15, 0.2) is 0 Å². The van der Waals surface area contributed by atoms with E-state index in [9.17, 15) is 9.59 Å². The van der Waals surface area contributed by atoms with Crippen molar-refractivity contribution in [2.45, 2.75) is 65.2 Å². The molecular formula is C14H26O4. The van der Waals surface area contributed by atoms with Gasteiger partial charge in [-0.15, -0.1) is 0 Å². The second-order valence-corrected chi connectivity index (χ2v) is 4.86. The average Bonchev–Trinajstić information content (AvgIpc) is 2.35. The molecule has 0 aromatic rings. The third kappa shape index (κ3) is 5.52. The van der Waals surface area contributed by atoms with Gasteiger partial charge in [0, 0.05) is 0 Å². The molecule has 1 atom stereocenters. The zero-order chi connectivity index (χ0) is 14.0. The first-order valence-corrected chi connectivity index (χ1v) is 6.82. The van der Waals surface area contributed by atoms with Gasteiger partial charge in [0.2, 0.25) is 0 Å². The van der Waals surface area contributed by atoms with Gasteiger partial charge in [0.25, 0.3) is 0 Å². The Kier molecular flexibility index (Phi) is 8.42. The number of carboxylic acid groups (broad SMARTS) is 1. The van der Waals surface area contributed by atoms with Crippen molar-refractivity contribution < 1.29 is 19.4 Å². The van der Waals surface area contributed by atoms with Gasteiger partial charge >= 0.3 is 11.9 Å². The van der Waals surface area contributed by atoms with E-state index in [1.807, 2.05) is 6.92 Å². The number of carbonyl (C=O) groups excluding carboxylic acids is 1. The number of rotatable bonds is 10. The topological polar surface area (TPSA) is 63.6 Å². The molecule has 1 unspecified atom stereocenters. The summed E-state index contributed by atoms with van der Waals surface area (Å²) in [6.45, 7) is 4.00. The lowest BCUT2D eigenvalue weighted by atomic mass is 9.77. The smallest absolute Gasteiger partial charge is 0.312 e. The minimum atomic E-state index is -0.934. The summed E-state index contributed by atoms with van der Waals surface area (Å²) in [6.07, 6.45) is 6.42. The van der Waals surface area contributed by atoms with Crippen molar-refractivity contribution in [3.63, 3.8) is 0 Å². The van der Waals surface area contributed by atoms with Crippen molar-refractivity contribution in [3.05, 3.63) is 0 Å². The zero-order valence-electron chi connectivity index (χ0n) is 11.8. The number of aliphatic carboxylic acids is 1. The van der Waals surface area contributed by atoms with E-state index in [0.717, 1.165) is 19.3 Å². The Labute approximate surface area is 110 Å². The van der Waals surface area contributed by atoms with Gasteiger partial charge < -0.3 is 9.84 Å². The van der Waals surface area contributed by atoms with E-state index in [2.05, 4.69) is 6.92 Å². The fraction of sp³-hybridized carbons (Fsp3) is 0.857. The van der Waals surface area contributed by atoms with Crippen LogP contribution in [-0.4, -0.2) is 24.2 Å². The molecule has 0 aliphatic carbocycles. The molecule has 0 aliphatic rings. The minimum absolute atomic E-state index is 0.135. The number of ether oxygens (including phenoxy) is 1. The van der Waals surface area contributed by atoms with E-state index < -0.39 is 11.4 Å². The predicted octanol–water partition coefficient (Wildman–Crippen LogP) is 3.39. The highest BCUT2D eigenvalue weighted by Crippen LogP contribution is 2.34. The Morgan fingerprint density at radius 2 is 1.72 bits per heavy atom. The van der Waals surface area contributed by atoms with Crippen molar-refractivity contribution in [2.24, 2.45) is 5.41 Å². The van der Waals surface area contributed by atoms with E-state index >= 15 is 0 Å². The van der Waals surface area contributed by atoms with E-state index in [-0.39, 0.29) is 12.4 Å². The summed E-state index contributed by atoms with van der Waals surface area (Å²) in [6, 6.07) is 0. The highest BCUT2D eigenvalue weighted by Gasteiger charge is 2.39. The molecule has 4 heteroatoms. The molecule has 0 aliphatic heterocycles. The number of carboxylic acids is 1. The van der Waals surface area contributed by atoms with Crippen LogP contribution in [0.2, 0.25) is 0 Å². The summed E-state index contributed by atoms with van der Waals surface area (Å²) in [5.41, 5.74) is -0.840. The van der Waals surface area contributed by atoms with Crippen molar-refractivity contribution in [2.75, 3.05) is 7.11 Å². The molecule has 18 heavy (non-hydrogen) atoms. The van der Waals surface area contributed by atoms with Crippen molar-refractivity contribution in [3.8, 4) is 0 Å². The van der Waals surface area contributed by atoms with E-state index in [1.165, 1.54) is 20.0 Å². The molecule has 0 saturated heterocycles. The Bertz CT molecular complexity index is 263. The second kappa shape index (κ2) is 8.95. The van der Waals surface area contributed by atoms with Crippen LogP contribution in [0.4, 0.5) is 0 Å². The molecular weight excluding hydrogens is 232 g/mol. The standard InChI is InChI=1S/C14H26O4/c1-4-6-7-8-9-10-14(5-2,11-12(15)16)13(17)18-3/h4-11H2,1-3H3,(H,15,16). The highest BCUT2D eigenvalue weighted by molar-refractivity contribution is 5.82. The average molecular weight is 258 g/mol. The zero-order valence-corrected chi connectivity index (χ0v) is 11.8. The molecule has 0 rings (SSSR count). The van der Waals surface area contributed by atoms with Crippen LogP contribution in [0.3, 0.4) is 0 Å². The quantitative estimate of drug-likeness (QED) is 0.482. The Hall–Kier alpha value is -1.06. The Balaban J connectivity index is 4.45. The molecule has 0 heterocycles. The molecule has 0 spiro atoms. The molecule has 0 aromatic carbocycles. The largest absolute Gasteiger partial charge is 0.481 e. The fourth-order valence-corrected chi connectivity index (χ4v) is 2.28. The van der Waals surface area contributed by atoms with Gasteiger partial charge in [0.1, 0.15) is 0 Å². The fourth-order valence-electron chi connectivity index (χ4n) is 2.28. The van der Waals surface area contributed by atoms with E-state index in [0.29, 0.717) is 12.8 Å². The van der Waals surface area contributed by atoms with E-state index in [4.69, 9.17) is 9.84 Å². The first-order valence-electron chi connectivity index (χ1n) is 6.82. The lowest BCUT2D eigenvalue weighted by Crippen LogP contribution is -2.34. The summed E-state index contributed by atoms with van der Waals surface area (Å²) < 4.78 is 4.78. The molecule has 1 N–H and O–H groups in total. The highest BCUT2D eigenvalue weighted by atomic mass is 16.5. The van der Waals surface area contributed by atoms with Gasteiger partial charge in [-0.3, -0.25) is 9.59 Å². The predicted molar refractivity (Wildman–Crippen MR) is 70.4 cm³/mol. The van der Waals surface area contributed by atoms with Crippen LogP contribution in [-0.2, 0) is 14.3 Å². The second-order valence-electron chi connectivity index (χ2n) is 4.86. The minimum Gasteiger partial charge on any atom is -0.481 e. The lowest BCUT2D eigenvalue weighted by Gasteiger charge is -2.28. The SMILES string of the molecule is CCCCCCCC(CC)(CC(=O)O)C(=O)OC. The summed E-state index contributed by atoms with van der Waals surface area (Å²) in [5, 5.41) is 8.96. The Morgan fingerprint density at radius 3 is 2.17 bits per heavy atom. The molecule has 0 radical (unpaired) electrons. The van der Waals surface area contributed by atoms with Crippen molar-refractivity contribution >= 4 is 11.9 Å².